The van der Waals surface area contributed by atoms with Crippen LogP contribution in [0.2, 0.25) is 0 Å². The van der Waals surface area contributed by atoms with Crippen LogP contribution < -0.4 is 5.32 Å². The van der Waals surface area contributed by atoms with Gasteiger partial charge in [0.15, 0.2) is 5.54 Å². The topological polar surface area (TPSA) is 75.6 Å². The van der Waals surface area contributed by atoms with Crippen LogP contribution in [0.1, 0.15) is 52.9 Å². The quantitative estimate of drug-likeness (QED) is 0.784. The van der Waals surface area contributed by atoms with E-state index in [1.165, 1.54) is 20.5 Å². The Balaban J connectivity index is 2.64. The second kappa shape index (κ2) is 6.57. The lowest BCUT2D eigenvalue weighted by Gasteiger charge is -2.39. The van der Waals surface area contributed by atoms with E-state index < -0.39 is 11.5 Å². The average Bonchev–Trinajstić information content (AvgIpc) is 2.31. The molecule has 1 amide bonds. The number of rotatable bonds is 6. The van der Waals surface area contributed by atoms with E-state index in [4.69, 9.17) is 4.74 Å². The van der Waals surface area contributed by atoms with Crippen molar-refractivity contribution in [3.8, 4) is 0 Å². The molecule has 5 nitrogen and oxygen atoms in total. The van der Waals surface area contributed by atoms with Crippen LogP contribution in [0.3, 0.4) is 0 Å². The molecule has 1 fully saturated rings. The van der Waals surface area contributed by atoms with Gasteiger partial charge < -0.3 is 15.2 Å². The van der Waals surface area contributed by atoms with Gasteiger partial charge in [0, 0.05) is 13.5 Å². The monoisotopic (exact) mass is 285 g/mol. The van der Waals surface area contributed by atoms with Crippen molar-refractivity contribution >= 4 is 11.9 Å². The van der Waals surface area contributed by atoms with E-state index in [9.17, 15) is 14.7 Å². The normalized spacial score (nSPS) is 24.7. The number of nitrogens with one attached hydrogen (secondary N) is 1. The first-order chi connectivity index (χ1) is 9.21. The molecule has 0 aromatic carbocycles. The van der Waals surface area contributed by atoms with Crippen LogP contribution in [0.25, 0.3) is 0 Å². The Labute approximate surface area is 121 Å². The summed E-state index contributed by atoms with van der Waals surface area (Å²) < 4.78 is 4.90. The van der Waals surface area contributed by atoms with E-state index in [0.29, 0.717) is 12.3 Å². The third-order valence-corrected chi connectivity index (χ3v) is 4.48. The van der Waals surface area contributed by atoms with Crippen LogP contribution in [0.4, 0.5) is 0 Å². The van der Waals surface area contributed by atoms with E-state index in [1.807, 2.05) is 0 Å². The summed E-state index contributed by atoms with van der Waals surface area (Å²) in [5.41, 5.74) is -1.21. The van der Waals surface area contributed by atoms with Crippen LogP contribution in [0.5, 0.6) is 0 Å². The van der Waals surface area contributed by atoms with Gasteiger partial charge in [0.25, 0.3) is 0 Å². The lowest BCUT2D eigenvalue weighted by atomic mass is 9.67. The Morgan fingerprint density at radius 3 is 2.55 bits per heavy atom. The van der Waals surface area contributed by atoms with Crippen molar-refractivity contribution < 1.29 is 19.4 Å². The molecule has 1 saturated carbocycles. The van der Waals surface area contributed by atoms with Crippen LogP contribution in [0, 0.1) is 11.3 Å². The molecular formula is C15H27NO4. The zero-order chi connectivity index (χ0) is 15.4. The summed E-state index contributed by atoms with van der Waals surface area (Å²) in [6.45, 7) is 5.82. The number of methoxy groups -OCH3 is 1. The Kier molecular flexibility index (Phi) is 5.57. The Morgan fingerprint density at radius 1 is 1.40 bits per heavy atom. The summed E-state index contributed by atoms with van der Waals surface area (Å²) in [6, 6.07) is 0. The molecule has 5 heteroatoms. The minimum atomic E-state index is -1.36. The third-order valence-electron chi connectivity index (χ3n) is 4.48. The number of carbonyl (C=O) groups excluding carboxylic acids is 1. The van der Waals surface area contributed by atoms with Gasteiger partial charge in [-0.3, -0.25) is 4.79 Å². The zero-order valence-corrected chi connectivity index (χ0v) is 13.0. The number of carbonyl (C=O) groups is 2. The Hall–Kier alpha value is -1.10. The lowest BCUT2D eigenvalue weighted by molar-refractivity contribution is -0.149. The maximum absolute atomic E-state index is 12.2. The van der Waals surface area contributed by atoms with Crippen LogP contribution in [0.15, 0.2) is 0 Å². The van der Waals surface area contributed by atoms with Gasteiger partial charge in [0.2, 0.25) is 5.91 Å². The van der Waals surface area contributed by atoms with Crippen molar-refractivity contribution in [2.24, 2.45) is 11.3 Å². The predicted molar refractivity (Wildman–Crippen MR) is 76.4 cm³/mol. The minimum absolute atomic E-state index is 0.0396. The molecule has 2 unspecified atom stereocenters. The van der Waals surface area contributed by atoms with E-state index in [1.54, 1.807) is 0 Å². The number of hydrogen-bond donors (Lipinski definition) is 2. The van der Waals surface area contributed by atoms with Gasteiger partial charge in [-0.15, -0.1) is 0 Å². The number of hydrogen-bond acceptors (Lipinski definition) is 3. The summed E-state index contributed by atoms with van der Waals surface area (Å²) in [7, 11) is 1.43. The molecule has 0 aromatic heterocycles. The average molecular weight is 285 g/mol. The van der Waals surface area contributed by atoms with Crippen molar-refractivity contribution in [3.05, 3.63) is 0 Å². The summed E-state index contributed by atoms with van der Waals surface area (Å²) >= 11 is 0. The van der Waals surface area contributed by atoms with Crippen LogP contribution in [-0.2, 0) is 14.3 Å². The molecule has 0 saturated heterocycles. The molecule has 0 aromatic rings. The lowest BCUT2D eigenvalue weighted by Crippen LogP contribution is -2.55. The first-order valence-corrected chi connectivity index (χ1v) is 7.24. The first kappa shape index (κ1) is 17.0. The third kappa shape index (κ3) is 4.20. The van der Waals surface area contributed by atoms with Gasteiger partial charge >= 0.3 is 5.97 Å². The molecule has 0 heterocycles. The number of carboxylic acids is 1. The number of carboxylic acid groups (broad SMARTS) is 1. The zero-order valence-electron chi connectivity index (χ0n) is 13.0. The van der Waals surface area contributed by atoms with Gasteiger partial charge in [-0.2, -0.15) is 0 Å². The molecule has 20 heavy (non-hydrogen) atoms. The molecule has 116 valence electrons. The molecule has 2 atom stereocenters. The van der Waals surface area contributed by atoms with Gasteiger partial charge in [-0.05, 0) is 31.1 Å². The maximum Gasteiger partial charge on any atom is 0.331 e. The van der Waals surface area contributed by atoms with E-state index in [0.717, 1.165) is 19.3 Å². The van der Waals surface area contributed by atoms with E-state index >= 15 is 0 Å². The largest absolute Gasteiger partial charge is 0.479 e. The summed E-state index contributed by atoms with van der Waals surface area (Å²) in [4.78, 5) is 23.4. The van der Waals surface area contributed by atoms with Crippen molar-refractivity contribution in [2.75, 3.05) is 13.7 Å². The molecule has 0 radical (unpaired) electrons. The van der Waals surface area contributed by atoms with Crippen LogP contribution >= 0.6 is 0 Å². The van der Waals surface area contributed by atoms with Crippen molar-refractivity contribution in [2.45, 2.75) is 58.4 Å². The number of ether oxygens (including phenoxy) is 1. The van der Waals surface area contributed by atoms with Crippen LogP contribution in [-0.4, -0.2) is 36.2 Å². The second-order valence-electron chi connectivity index (χ2n) is 6.75. The number of amides is 1. The van der Waals surface area contributed by atoms with Crippen molar-refractivity contribution in [1.82, 2.24) is 5.32 Å². The fourth-order valence-electron chi connectivity index (χ4n) is 2.97. The molecule has 1 aliphatic carbocycles. The highest BCUT2D eigenvalue weighted by atomic mass is 16.5. The first-order valence-electron chi connectivity index (χ1n) is 7.24. The fourth-order valence-corrected chi connectivity index (χ4v) is 2.97. The predicted octanol–water partition coefficient (Wildman–Crippen LogP) is 2.20. The van der Waals surface area contributed by atoms with E-state index in [2.05, 4.69) is 19.2 Å². The summed E-state index contributed by atoms with van der Waals surface area (Å²) in [5.74, 6) is -0.959. The SMILES string of the molecule is COCC(C)(NC(=O)CC1CCCCC1(C)C)C(=O)O. The number of aliphatic carboxylic acids is 1. The molecule has 0 bridgehead atoms. The Bertz CT molecular complexity index is 367. The van der Waals surface area contributed by atoms with Gasteiger partial charge in [0.1, 0.15) is 0 Å². The van der Waals surface area contributed by atoms with Gasteiger partial charge in [-0.25, -0.2) is 4.79 Å². The highest BCUT2D eigenvalue weighted by Gasteiger charge is 2.38. The molecule has 0 aliphatic heterocycles. The van der Waals surface area contributed by atoms with E-state index in [-0.39, 0.29) is 17.9 Å². The summed E-state index contributed by atoms with van der Waals surface area (Å²) in [5, 5.41) is 11.8. The minimum Gasteiger partial charge on any atom is -0.479 e. The van der Waals surface area contributed by atoms with Gasteiger partial charge in [-0.1, -0.05) is 26.7 Å². The maximum atomic E-state index is 12.2. The molecule has 0 spiro atoms. The standard InChI is InChI=1S/C15H27NO4/c1-14(2)8-6-5-7-11(14)9-12(17)16-15(3,10-20-4)13(18)19/h11H,5-10H2,1-4H3,(H,16,17)(H,18,19). The van der Waals surface area contributed by atoms with Crippen molar-refractivity contribution in [3.63, 3.8) is 0 Å². The highest BCUT2D eigenvalue weighted by Crippen LogP contribution is 2.42. The van der Waals surface area contributed by atoms with Crippen molar-refractivity contribution in [1.29, 1.82) is 0 Å². The smallest absolute Gasteiger partial charge is 0.331 e. The highest BCUT2D eigenvalue weighted by molar-refractivity contribution is 5.86. The molecule has 1 rings (SSSR count). The second-order valence-corrected chi connectivity index (χ2v) is 6.75. The Morgan fingerprint density at radius 2 is 2.05 bits per heavy atom. The van der Waals surface area contributed by atoms with Gasteiger partial charge in [0.05, 0.1) is 6.61 Å². The molecule has 1 aliphatic rings. The molecular weight excluding hydrogens is 258 g/mol. The fraction of sp³-hybridized carbons (Fsp3) is 0.867. The summed E-state index contributed by atoms with van der Waals surface area (Å²) in [6.07, 6.45) is 4.91. The molecule has 2 N–H and O–H groups in total.